The van der Waals surface area contributed by atoms with Crippen molar-refractivity contribution in [2.45, 2.75) is 31.4 Å². The highest BCUT2D eigenvalue weighted by Gasteiger charge is 2.43. The van der Waals surface area contributed by atoms with Gasteiger partial charge in [-0.3, -0.25) is 14.4 Å². The molecular formula is C23H22N4O4. The first kappa shape index (κ1) is 19.3. The molecule has 1 saturated heterocycles. The van der Waals surface area contributed by atoms with Gasteiger partial charge in [-0.05, 0) is 25.1 Å². The Bertz CT molecular complexity index is 1240. The number of aromatic amines is 1. The lowest BCUT2D eigenvalue weighted by Gasteiger charge is -2.44. The second-order valence-corrected chi connectivity index (χ2v) is 8.08. The van der Waals surface area contributed by atoms with Crippen LogP contribution in [0, 0.1) is 0 Å². The zero-order chi connectivity index (χ0) is 21.6. The van der Waals surface area contributed by atoms with Gasteiger partial charge in [0.05, 0.1) is 22.6 Å². The lowest BCUT2D eigenvalue weighted by molar-refractivity contribution is -0.136. The fourth-order valence-corrected chi connectivity index (χ4v) is 4.43. The number of H-pyrrole nitrogens is 1. The van der Waals surface area contributed by atoms with Gasteiger partial charge in [0.2, 0.25) is 5.91 Å². The molecule has 0 radical (unpaired) electrons. The Morgan fingerprint density at radius 2 is 1.74 bits per heavy atom. The van der Waals surface area contributed by atoms with Gasteiger partial charge in [-0.25, -0.2) is 5.10 Å². The summed E-state index contributed by atoms with van der Waals surface area (Å²) in [6.07, 6.45) is 0.983. The van der Waals surface area contributed by atoms with Crippen LogP contribution in [-0.4, -0.2) is 45.7 Å². The number of likely N-dealkylation sites (tertiary alicyclic amines) is 1. The van der Waals surface area contributed by atoms with Gasteiger partial charge in [0.25, 0.3) is 11.5 Å². The zero-order valence-corrected chi connectivity index (χ0v) is 17.1. The number of fused-ring (bicyclic) bond motifs is 2. The average Bonchev–Trinajstić information content (AvgIpc) is 2.79. The quantitative estimate of drug-likeness (QED) is 0.664. The van der Waals surface area contributed by atoms with Crippen molar-refractivity contribution in [1.29, 1.82) is 0 Å². The minimum absolute atomic E-state index is 0.0675. The summed E-state index contributed by atoms with van der Waals surface area (Å²) in [4.78, 5) is 39.6. The standard InChI is InChI=1S/C23H22N4O4/c1-14(19-15-6-2-3-7-16(15)21(29)26-25-19)22(30)27-12-10-23(11-13-27)24-20(28)17-8-4-5-9-18(17)31-23/h2-9,14H,10-13H2,1H3,(H,24,28)(H,26,29)/t14-/m1/s1. The summed E-state index contributed by atoms with van der Waals surface area (Å²) in [6.45, 7) is 2.70. The lowest BCUT2D eigenvalue weighted by atomic mass is 9.94. The highest BCUT2D eigenvalue weighted by molar-refractivity contribution is 5.98. The second kappa shape index (κ2) is 7.23. The number of benzene rings is 2. The predicted octanol–water partition coefficient (Wildman–Crippen LogP) is 2.17. The van der Waals surface area contributed by atoms with Gasteiger partial charge in [-0.2, -0.15) is 5.10 Å². The number of piperidine rings is 1. The maximum Gasteiger partial charge on any atom is 0.272 e. The molecule has 1 spiro atoms. The number of hydrogen-bond donors (Lipinski definition) is 2. The second-order valence-electron chi connectivity index (χ2n) is 8.08. The minimum atomic E-state index is -0.797. The Labute approximate surface area is 178 Å². The Balaban J connectivity index is 1.34. The van der Waals surface area contributed by atoms with Gasteiger partial charge >= 0.3 is 0 Å². The van der Waals surface area contributed by atoms with Crippen molar-refractivity contribution in [3.8, 4) is 5.75 Å². The first-order valence-electron chi connectivity index (χ1n) is 10.3. The Morgan fingerprint density at radius 3 is 2.52 bits per heavy atom. The van der Waals surface area contributed by atoms with Crippen LogP contribution in [0.4, 0.5) is 0 Å². The Kier molecular flexibility index (Phi) is 4.50. The van der Waals surface area contributed by atoms with E-state index < -0.39 is 11.6 Å². The number of nitrogens with zero attached hydrogens (tertiary/aromatic N) is 2. The predicted molar refractivity (Wildman–Crippen MR) is 114 cm³/mol. The number of amides is 2. The van der Waals surface area contributed by atoms with Crippen LogP contribution in [0.25, 0.3) is 10.8 Å². The minimum Gasteiger partial charge on any atom is -0.467 e. The van der Waals surface area contributed by atoms with Crippen LogP contribution in [0.3, 0.4) is 0 Å². The summed E-state index contributed by atoms with van der Waals surface area (Å²) in [7, 11) is 0. The van der Waals surface area contributed by atoms with Crippen LogP contribution in [0.2, 0.25) is 0 Å². The van der Waals surface area contributed by atoms with E-state index in [4.69, 9.17) is 4.74 Å². The number of nitrogens with one attached hydrogen (secondary N) is 2. The van der Waals surface area contributed by atoms with Crippen LogP contribution in [0.1, 0.15) is 41.7 Å². The summed E-state index contributed by atoms with van der Waals surface area (Å²) >= 11 is 0. The first-order chi connectivity index (χ1) is 15.0. The molecular weight excluding hydrogens is 396 g/mol. The molecule has 1 fully saturated rings. The van der Waals surface area contributed by atoms with Crippen molar-refractivity contribution in [3.63, 3.8) is 0 Å². The van der Waals surface area contributed by atoms with Crippen molar-refractivity contribution in [2.24, 2.45) is 0 Å². The molecule has 0 unspecified atom stereocenters. The molecule has 0 saturated carbocycles. The molecule has 2 aromatic carbocycles. The summed E-state index contributed by atoms with van der Waals surface area (Å²) in [5, 5.41) is 10.9. The molecule has 0 aliphatic carbocycles. The molecule has 8 nitrogen and oxygen atoms in total. The topological polar surface area (TPSA) is 104 Å². The van der Waals surface area contributed by atoms with Crippen molar-refractivity contribution in [1.82, 2.24) is 20.4 Å². The summed E-state index contributed by atoms with van der Waals surface area (Å²) in [6, 6.07) is 14.3. The third-order valence-corrected chi connectivity index (χ3v) is 6.17. The van der Waals surface area contributed by atoms with Crippen LogP contribution in [0.15, 0.2) is 53.3 Å². The monoisotopic (exact) mass is 418 g/mol. The summed E-state index contributed by atoms with van der Waals surface area (Å²) in [5.74, 6) is -0.164. The van der Waals surface area contributed by atoms with Crippen molar-refractivity contribution < 1.29 is 14.3 Å². The molecule has 2 aliphatic rings. The molecule has 158 valence electrons. The Hall–Kier alpha value is -3.68. The van der Waals surface area contributed by atoms with E-state index >= 15 is 0 Å². The van der Waals surface area contributed by atoms with Crippen LogP contribution in [-0.2, 0) is 4.79 Å². The van der Waals surface area contributed by atoms with Crippen molar-refractivity contribution >= 4 is 22.6 Å². The molecule has 0 bridgehead atoms. The van der Waals surface area contributed by atoms with Gasteiger partial charge in [0.1, 0.15) is 5.75 Å². The van der Waals surface area contributed by atoms with E-state index in [-0.39, 0.29) is 17.4 Å². The molecule has 2 N–H and O–H groups in total. The molecule has 2 amide bonds. The molecule has 8 heteroatoms. The smallest absolute Gasteiger partial charge is 0.272 e. The maximum absolute atomic E-state index is 13.2. The number of ether oxygens (including phenoxy) is 1. The van der Waals surface area contributed by atoms with E-state index in [1.807, 2.05) is 18.2 Å². The number of para-hydroxylation sites is 1. The van der Waals surface area contributed by atoms with Gasteiger partial charge in [0.15, 0.2) is 5.72 Å². The molecule has 2 aliphatic heterocycles. The molecule has 5 rings (SSSR count). The fraction of sp³-hybridized carbons (Fsp3) is 0.304. The summed E-state index contributed by atoms with van der Waals surface area (Å²) in [5.41, 5.74) is 0.00581. The van der Waals surface area contributed by atoms with Crippen molar-refractivity contribution in [2.75, 3.05) is 13.1 Å². The first-order valence-corrected chi connectivity index (χ1v) is 10.3. The third kappa shape index (κ3) is 3.24. The number of carbonyl (C=O) groups is 2. The number of aromatic nitrogens is 2. The van der Waals surface area contributed by atoms with Gasteiger partial charge in [0, 0.05) is 31.3 Å². The highest BCUT2D eigenvalue weighted by atomic mass is 16.5. The largest absolute Gasteiger partial charge is 0.467 e. The molecule has 31 heavy (non-hydrogen) atoms. The van der Waals surface area contributed by atoms with Gasteiger partial charge in [-0.1, -0.05) is 30.3 Å². The van der Waals surface area contributed by atoms with E-state index in [0.717, 1.165) is 0 Å². The zero-order valence-electron chi connectivity index (χ0n) is 17.1. The molecule has 3 aromatic rings. The summed E-state index contributed by atoms with van der Waals surface area (Å²) < 4.78 is 6.15. The molecule has 3 heterocycles. The van der Waals surface area contributed by atoms with E-state index in [9.17, 15) is 14.4 Å². The maximum atomic E-state index is 13.2. The van der Waals surface area contributed by atoms with Crippen LogP contribution in [0.5, 0.6) is 5.75 Å². The van der Waals surface area contributed by atoms with E-state index in [1.54, 1.807) is 42.2 Å². The van der Waals surface area contributed by atoms with E-state index in [2.05, 4.69) is 15.5 Å². The van der Waals surface area contributed by atoms with Gasteiger partial charge < -0.3 is 15.0 Å². The highest BCUT2D eigenvalue weighted by Crippen LogP contribution is 2.34. The van der Waals surface area contributed by atoms with Crippen LogP contribution >= 0.6 is 0 Å². The van der Waals surface area contributed by atoms with Crippen molar-refractivity contribution in [3.05, 3.63) is 70.1 Å². The van der Waals surface area contributed by atoms with E-state index in [1.165, 1.54) is 0 Å². The SMILES string of the molecule is C[C@@H](C(=O)N1CCC2(CC1)NC(=O)c1ccccc1O2)c1n[nH]c(=O)c2ccccc12. The number of carbonyl (C=O) groups excluding carboxylic acids is 2. The third-order valence-electron chi connectivity index (χ3n) is 6.17. The molecule has 1 atom stereocenters. The lowest BCUT2D eigenvalue weighted by Crippen LogP contribution is -2.61. The number of hydrogen-bond acceptors (Lipinski definition) is 5. The average molecular weight is 418 g/mol. The van der Waals surface area contributed by atoms with Crippen LogP contribution < -0.4 is 15.6 Å². The van der Waals surface area contributed by atoms with E-state index in [0.29, 0.717) is 53.7 Å². The normalized spacial score (nSPS) is 18.2. The molecule has 1 aromatic heterocycles. The Morgan fingerprint density at radius 1 is 1.06 bits per heavy atom. The number of rotatable bonds is 2. The fourth-order valence-electron chi connectivity index (χ4n) is 4.43. The van der Waals surface area contributed by atoms with Gasteiger partial charge in [-0.15, -0.1) is 0 Å².